The quantitative estimate of drug-likeness (QED) is 0.0521. The molecule has 13 nitrogen and oxygen atoms in total. The van der Waals surface area contributed by atoms with Gasteiger partial charge in [-0.15, -0.1) is 11.8 Å². The Balaban J connectivity index is 3.32. The van der Waals surface area contributed by atoms with Gasteiger partial charge in [-0.05, 0) is 38.3 Å². The Morgan fingerprint density at radius 3 is 2.05 bits per heavy atom. The molecule has 234 valence electrons. The van der Waals surface area contributed by atoms with Crippen molar-refractivity contribution in [1.29, 1.82) is 5.26 Å². The van der Waals surface area contributed by atoms with Gasteiger partial charge >= 0.3 is 17.9 Å². The van der Waals surface area contributed by atoms with Gasteiger partial charge in [0, 0.05) is 36.8 Å². The van der Waals surface area contributed by atoms with Crippen LogP contribution in [0.2, 0.25) is 0 Å². The number of carboxylic acid groups (broad SMARTS) is 2. The number of guanidine groups is 1. The van der Waals surface area contributed by atoms with Crippen molar-refractivity contribution in [2.75, 3.05) is 64.7 Å². The highest BCUT2D eigenvalue weighted by molar-refractivity contribution is 7.99. The first kappa shape index (κ1) is 36.6. The summed E-state index contributed by atoms with van der Waals surface area (Å²) in [5.41, 5.74) is -2.90. The molecule has 0 aliphatic carbocycles. The molecule has 3 N–H and O–H groups in total. The minimum atomic E-state index is -2.90. The second-order valence-electron chi connectivity index (χ2n) is 9.33. The van der Waals surface area contributed by atoms with E-state index in [4.69, 9.17) is 9.94 Å². The average molecular weight is 609 g/mol. The molecular weight excluding hydrogens is 564 g/mol. The van der Waals surface area contributed by atoms with Crippen molar-refractivity contribution in [3.05, 3.63) is 30.3 Å². The maximum atomic E-state index is 12.7. The Labute approximate surface area is 252 Å². The zero-order valence-corrected chi connectivity index (χ0v) is 25.8. The van der Waals surface area contributed by atoms with Gasteiger partial charge in [-0.2, -0.15) is 5.26 Å². The summed E-state index contributed by atoms with van der Waals surface area (Å²) in [4.78, 5) is 52.5. The van der Waals surface area contributed by atoms with E-state index in [2.05, 4.69) is 14.8 Å². The van der Waals surface area contributed by atoms with Gasteiger partial charge in [-0.25, -0.2) is 14.6 Å². The summed E-state index contributed by atoms with van der Waals surface area (Å²) >= 11 is 1.62. The summed E-state index contributed by atoms with van der Waals surface area (Å²) in [6.45, 7) is 13.8. The van der Waals surface area contributed by atoms with E-state index in [1.807, 2.05) is 62.9 Å². The number of nitriles is 1. The zero-order valence-electron chi connectivity index (χ0n) is 24.9. The Bertz CT molecular complexity index is 1050. The standard InChI is InChI=1S/C28H44N6O7S/c1-5-31(6-2)15-14-30-27(34(22-29)41-25(37)21-28(40,26(38)39)20-24(35)36)33(17-16-32(7-3)8-4)18-19-42-23-12-10-9-11-13-23/h9-13,40H,5-8,14-21H2,1-4H3,(H,35,36)(H,38,39). The molecule has 0 saturated carbocycles. The van der Waals surface area contributed by atoms with Crippen LogP contribution in [0.15, 0.2) is 40.2 Å². The predicted octanol–water partition coefficient (Wildman–Crippen LogP) is 2.04. The third-order valence-electron chi connectivity index (χ3n) is 6.54. The van der Waals surface area contributed by atoms with Crippen molar-refractivity contribution in [3.8, 4) is 6.19 Å². The maximum Gasteiger partial charge on any atom is 0.337 e. The normalized spacial score (nSPS) is 13.0. The fourth-order valence-corrected chi connectivity index (χ4v) is 4.87. The van der Waals surface area contributed by atoms with Gasteiger partial charge in [0.2, 0.25) is 12.2 Å². The molecule has 1 rings (SSSR count). The van der Waals surface area contributed by atoms with Gasteiger partial charge in [0.25, 0.3) is 0 Å². The Morgan fingerprint density at radius 2 is 1.52 bits per heavy atom. The maximum absolute atomic E-state index is 12.7. The van der Waals surface area contributed by atoms with E-state index in [1.54, 1.807) is 18.0 Å². The largest absolute Gasteiger partial charge is 0.481 e. The van der Waals surface area contributed by atoms with Crippen LogP contribution in [0.1, 0.15) is 40.5 Å². The van der Waals surface area contributed by atoms with E-state index < -0.39 is 36.4 Å². The van der Waals surface area contributed by atoms with E-state index in [0.717, 1.165) is 31.1 Å². The Morgan fingerprint density at radius 1 is 0.929 bits per heavy atom. The van der Waals surface area contributed by atoms with Crippen molar-refractivity contribution in [1.82, 2.24) is 19.8 Å². The van der Waals surface area contributed by atoms with E-state index in [1.165, 1.54) is 0 Å². The van der Waals surface area contributed by atoms with E-state index >= 15 is 0 Å². The molecular formula is C28H44N6O7S. The van der Waals surface area contributed by atoms with Crippen molar-refractivity contribution in [2.45, 2.75) is 51.0 Å². The third kappa shape index (κ3) is 13.1. The fourth-order valence-electron chi connectivity index (χ4n) is 3.97. The summed E-state index contributed by atoms with van der Waals surface area (Å²) in [7, 11) is 0. The second kappa shape index (κ2) is 19.7. The molecule has 0 saturated heterocycles. The average Bonchev–Trinajstić information content (AvgIpc) is 2.96. The van der Waals surface area contributed by atoms with Gasteiger partial charge in [0.15, 0.2) is 5.60 Å². The van der Waals surface area contributed by atoms with Gasteiger partial charge in [-0.3, -0.25) is 4.79 Å². The molecule has 0 aliphatic rings. The Hall–Kier alpha value is -3.38. The number of benzene rings is 1. The van der Waals surface area contributed by atoms with Crippen LogP contribution in [0.4, 0.5) is 0 Å². The summed E-state index contributed by atoms with van der Waals surface area (Å²) in [5.74, 6) is -4.10. The summed E-state index contributed by atoms with van der Waals surface area (Å²) in [5, 5.41) is 39.3. The first-order valence-corrected chi connectivity index (χ1v) is 15.0. The molecule has 1 aromatic carbocycles. The number of carbonyl (C=O) groups is 3. The lowest BCUT2D eigenvalue weighted by Gasteiger charge is -2.31. The number of likely N-dealkylation sites (N-methyl/N-ethyl adjacent to an activating group) is 2. The molecule has 0 amide bonds. The number of aliphatic hydroxyl groups is 1. The number of thioether (sulfide) groups is 1. The lowest BCUT2D eigenvalue weighted by molar-refractivity contribution is -0.181. The highest BCUT2D eigenvalue weighted by atomic mass is 32.2. The summed E-state index contributed by atoms with van der Waals surface area (Å²) in [6.07, 6.45) is -0.601. The summed E-state index contributed by atoms with van der Waals surface area (Å²) < 4.78 is 0. The lowest BCUT2D eigenvalue weighted by atomic mass is 9.96. The second-order valence-corrected chi connectivity index (χ2v) is 10.5. The Kier molecular flexibility index (Phi) is 17.2. The van der Waals surface area contributed by atoms with Crippen LogP contribution in [0.25, 0.3) is 0 Å². The molecule has 14 heteroatoms. The molecule has 0 bridgehead atoms. The van der Waals surface area contributed by atoms with Gasteiger partial charge in [0.1, 0.15) is 0 Å². The van der Waals surface area contributed by atoms with Crippen LogP contribution in [0, 0.1) is 11.5 Å². The summed E-state index contributed by atoms with van der Waals surface area (Å²) in [6, 6.07) is 9.81. The topological polar surface area (TPSA) is 170 Å². The number of hydroxylamine groups is 2. The number of hydrogen-bond donors (Lipinski definition) is 3. The van der Waals surface area contributed by atoms with E-state index in [0.29, 0.717) is 43.5 Å². The number of aliphatic imine (C=N–C) groups is 1. The number of aliphatic carboxylic acids is 2. The predicted molar refractivity (Wildman–Crippen MR) is 160 cm³/mol. The molecule has 0 radical (unpaired) electrons. The fraction of sp³-hybridized carbons (Fsp3) is 0.607. The molecule has 1 unspecified atom stereocenters. The SMILES string of the molecule is CCN(CC)CCN=C(N(CCSc1ccccc1)CCN(CC)CC)N(C#N)OC(=O)CC(O)(CC(=O)O)C(=O)O. The molecule has 0 heterocycles. The first-order chi connectivity index (χ1) is 20.0. The molecule has 1 aromatic rings. The van der Waals surface area contributed by atoms with Crippen molar-refractivity contribution in [3.63, 3.8) is 0 Å². The van der Waals surface area contributed by atoms with Crippen LogP contribution in [-0.2, 0) is 19.2 Å². The molecule has 0 fully saturated rings. The van der Waals surface area contributed by atoms with E-state index in [9.17, 15) is 29.9 Å². The smallest absolute Gasteiger partial charge is 0.337 e. The van der Waals surface area contributed by atoms with Gasteiger partial charge in [0.05, 0.1) is 19.4 Å². The minimum absolute atomic E-state index is 0.0657. The molecule has 0 aromatic heterocycles. The minimum Gasteiger partial charge on any atom is -0.481 e. The zero-order chi connectivity index (χ0) is 31.5. The number of rotatable bonds is 19. The molecule has 42 heavy (non-hydrogen) atoms. The molecule has 1 atom stereocenters. The van der Waals surface area contributed by atoms with Crippen molar-refractivity contribution >= 4 is 35.6 Å². The van der Waals surface area contributed by atoms with Crippen LogP contribution in [0.3, 0.4) is 0 Å². The monoisotopic (exact) mass is 608 g/mol. The molecule has 0 aliphatic heterocycles. The number of nitrogens with zero attached hydrogens (tertiary/aromatic N) is 6. The highest BCUT2D eigenvalue weighted by Gasteiger charge is 2.42. The number of carbonyl (C=O) groups excluding carboxylic acids is 1. The van der Waals surface area contributed by atoms with Gasteiger partial charge < -0.3 is 34.9 Å². The lowest BCUT2D eigenvalue weighted by Crippen LogP contribution is -2.49. The highest BCUT2D eigenvalue weighted by Crippen LogP contribution is 2.19. The van der Waals surface area contributed by atoms with Gasteiger partial charge in [-0.1, -0.05) is 51.0 Å². The number of carboxylic acids is 2. The van der Waals surface area contributed by atoms with Crippen LogP contribution in [-0.4, -0.2) is 129 Å². The molecule has 0 spiro atoms. The van der Waals surface area contributed by atoms with Crippen LogP contribution >= 0.6 is 11.8 Å². The first-order valence-electron chi connectivity index (χ1n) is 14.0. The van der Waals surface area contributed by atoms with E-state index in [-0.39, 0.29) is 5.96 Å². The van der Waals surface area contributed by atoms with Crippen LogP contribution < -0.4 is 0 Å². The van der Waals surface area contributed by atoms with Crippen LogP contribution in [0.5, 0.6) is 0 Å². The number of hydrogen-bond acceptors (Lipinski definition) is 10. The van der Waals surface area contributed by atoms with Crippen molar-refractivity contribution in [2.24, 2.45) is 4.99 Å². The van der Waals surface area contributed by atoms with Crippen molar-refractivity contribution < 1.29 is 34.5 Å². The third-order valence-corrected chi connectivity index (χ3v) is 7.54.